The maximum Gasteiger partial charge on any atom is 0.156 e. The van der Waals surface area contributed by atoms with E-state index in [0.29, 0.717) is 0 Å². The smallest absolute Gasteiger partial charge is 0.156 e. The van der Waals surface area contributed by atoms with Crippen molar-refractivity contribution in [3.8, 4) is 0 Å². The first-order valence-electron chi connectivity index (χ1n) is 5.98. The van der Waals surface area contributed by atoms with Gasteiger partial charge in [0.15, 0.2) is 7.38 Å². The van der Waals surface area contributed by atoms with Gasteiger partial charge in [-0.3, -0.25) is 0 Å². The van der Waals surface area contributed by atoms with Gasteiger partial charge in [0.1, 0.15) is 0 Å². The van der Waals surface area contributed by atoms with E-state index in [-0.39, 0.29) is 0 Å². The van der Waals surface area contributed by atoms with Crippen LogP contribution < -0.4 is 0 Å². The molecule has 0 nitrogen and oxygen atoms in total. The molecule has 0 saturated heterocycles. The fourth-order valence-corrected chi connectivity index (χ4v) is 6.30. The molecule has 0 rings (SSSR count). The maximum absolute atomic E-state index is 6.77. The topological polar surface area (TPSA) is 0 Å². The molecule has 0 heterocycles. The molecule has 0 aromatic carbocycles. The third-order valence-electron chi connectivity index (χ3n) is 2.75. The van der Waals surface area contributed by atoms with Gasteiger partial charge in [0.25, 0.3) is 0 Å². The summed E-state index contributed by atoms with van der Waals surface area (Å²) in [5.41, 5.74) is 0. The SMILES string of the molecule is C=CCC[Si](Cl)(CCCC)CCCC. The second-order valence-electron chi connectivity index (χ2n) is 4.19. The van der Waals surface area contributed by atoms with Crippen molar-refractivity contribution in [1.82, 2.24) is 0 Å². The number of halogens is 1. The maximum atomic E-state index is 6.77. The van der Waals surface area contributed by atoms with Crippen molar-refractivity contribution < 1.29 is 0 Å². The van der Waals surface area contributed by atoms with Crippen LogP contribution in [-0.4, -0.2) is 7.38 Å². The largest absolute Gasteiger partial charge is 0.167 e. The van der Waals surface area contributed by atoms with Gasteiger partial charge in [0.2, 0.25) is 0 Å². The van der Waals surface area contributed by atoms with Crippen LogP contribution in [0, 0.1) is 0 Å². The van der Waals surface area contributed by atoms with Crippen LogP contribution in [0.5, 0.6) is 0 Å². The lowest BCUT2D eigenvalue weighted by molar-refractivity contribution is 0.829. The summed E-state index contributed by atoms with van der Waals surface area (Å²) in [5, 5.41) is 0. The summed E-state index contributed by atoms with van der Waals surface area (Å²) in [7, 11) is -1.41. The van der Waals surface area contributed by atoms with Gasteiger partial charge in [0, 0.05) is 0 Å². The van der Waals surface area contributed by atoms with E-state index in [0.717, 1.165) is 6.42 Å². The zero-order valence-corrected chi connectivity index (χ0v) is 11.6. The van der Waals surface area contributed by atoms with Gasteiger partial charge >= 0.3 is 0 Å². The zero-order chi connectivity index (χ0) is 10.9. The molecule has 0 amide bonds. The average molecular weight is 233 g/mol. The van der Waals surface area contributed by atoms with Crippen molar-refractivity contribution in [3.63, 3.8) is 0 Å². The van der Waals surface area contributed by atoms with E-state index in [1.165, 1.54) is 43.8 Å². The third kappa shape index (κ3) is 6.66. The first-order chi connectivity index (χ1) is 6.68. The van der Waals surface area contributed by atoms with E-state index < -0.39 is 7.38 Å². The number of unbranched alkanes of at least 4 members (excludes halogenated alkanes) is 2. The molecule has 0 aliphatic heterocycles. The molecular formula is C12H25ClSi. The second-order valence-corrected chi connectivity index (χ2v) is 10.4. The molecule has 0 atom stereocenters. The number of hydrogen-bond acceptors (Lipinski definition) is 0. The van der Waals surface area contributed by atoms with Crippen LogP contribution in [0.2, 0.25) is 18.1 Å². The molecule has 0 fully saturated rings. The summed E-state index contributed by atoms with van der Waals surface area (Å²) in [4.78, 5) is 0. The number of hydrogen-bond donors (Lipinski definition) is 0. The predicted octanol–water partition coefficient (Wildman–Crippen LogP) is 5.35. The Kier molecular flexibility index (Phi) is 8.70. The molecule has 0 saturated carbocycles. The average Bonchev–Trinajstić information content (AvgIpc) is 2.21. The van der Waals surface area contributed by atoms with Crippen LogP contribution in [-0.2, 0) is 0 Å². The fourth-order valence-electron chi connectivity index (χ4n) is 1.72. The Morgan fingerprint density at radius 1 is 1.07 bits per heavy atom. The van der Waals surface area contributed by atoms with E-state index in [1.807, 2.05) is 6.08 Å². The van der Waals surface area contributed by atoms with Crippen LogP contribution in [0.25, 0.3) is 0 Å². The Balaban J connectivity index is 3.95. The molecule has 0 N–H and O–H groups in total. The first-order valence-corrected chi connectivity index (χ1v) is 9.61. The normalized spacial score (nSPS) is 11.6. The lowest BCUT2D eigenvalue weighted by Crippen LogP contribution is -2.26. The van der Waals surface area contributed by atoms with Crippen molar-refractivity contribution in [2.45, 2.75) is 64.1 Å². The van der Waals surface area contributed by atoms with E-state index in [9.17, 15) is 0 Å². The minimum atomic E-state index is -1.41. The lowest BCUT2D eigenvalue weighted by Gasteiger charge is -2.23. The van der Waals surface area contributed by atoms with Gasteiger partial charge in [-0.25, -0.2) is 0 Å². The van der Waals surface area contributed by atoms with Gasteiger partial charge in [-0.05, 0) is 24.6 Å². The van der Waals surface area contributed by atoms with E-state index in [1.54, 1.807) is 0 Å². The highest BCUT2D eigenvalue weighted by molar-refractivity contribution is 7.20. The summed E-state index contributed by atoms with van der Waals surface area (Å²) < 4.78 is 0. The van der Waals surface area contributed by atoms with E-state index >= 15 is 0 Å². The van der Waals surface area contributed by atoms with Crippen molar-refractivity contribution in [2.75, 3.05) is 0 Å². The first kappa shape index (κ1) is 14.2. The summed E-state index contributed by atoms with van der Waals surface area (Å²) in [6.45, 7) is 8.29. The molecule has 14 heavy (non-hydrogen) atoms. The molecule has 0 radical (unpaired) electrons. The molecule has 84 valence electrons. The summed E-state index contributed by atoms with van der Waals surface area (Å²) in [6, 6.07) is 3.84. The summed E-state index contributed by atoms with van der Waals surface area (Å²) in [6.07, 6.45) is 8.32. The summed E-state index contributed by atoms with van der Waals surface area (Å²) >= 11 is 6.77. The quantitative estimate of drug-likeness (QED) is 0.286. The Labute approximate surface area is 95.5 Å². The van der Waals surface area contributed by atoms with E-state index in [4.69, 9.17) is 11.1 Å². The summed E-state index contributed by atoms with van der Waals surface area (Å²) in [5.74, 6) is 0. The lowest BCUT2D eigenvalue weighted by atomic mass is 10.4. The van der Waals surface area contributed by atoms with Crippen molar-refractivity contribution >= 4 is 18.5 Å². The molecule has 0 bridgehead atoms. The van der Waals surface area contributed by atoms with Gasteiger partial charge in [-0.1, -0.05) is 45.6 Å². The van der Waals surface area contributed by atoms with Crippen molar-refractivity contribution in [1.29, 1.82) is 0 Å². The molecule has 0 unspecified atom stereocenters. The standard InChI is InChI=1S/C12H25ClSi/c1-4-7-10-14(13,11-8-5-2)12-9-6-3/h4H,1,5-12H2,2-3H3. The minimum absolute atomic E-state index is 1.11. The Bertz CT molecular complexity index is 137. The molecular weight excluding hydrogens is 208 g/mol. The van der Waals surface area contributed by atoms with Crippen LogP contribution in [0.1, 0.15) is 46.0 Å². The van der Waals surface area contributed by atoms with Gasteiger partial charge in [-0.15, -0.1) is 6.58 Å². The Morgan fingerprint density at radius 3 is 1.93 bits per heavy atom. The molecule has 0 aromatic heterocycles. The van der Waals surface area contributed by atoms with Crippen LogP contribution in [0.3, 0.4) is 0 Å². The van der Waals surface area contributed by atoms with E-state index in [2.05, 4.69) is 20.4 Å². The highest BCUT2D eigenvalue weighted by Gasteiger charge is 2.28. The van der Waals surface area contributed by atoms with Crippen LogP contribution >= 0.6 is 11.1 Å². The van der Waals surface area contributed by atoms with Crippen LogP contribution in [0.4, 0.5) is 0 Å². The third-order valence-corrected chi connectivity index (χ3v) is 8.14. The molecule has 0 aliphatic rings. The number of rotatable bonds is 9. The molecule has 0 spiro atoms. The Morgan fingerprint density at radius 2 is 1.57 bits per heavy atom. The minimum Gasteiger partial charge on any atom is -0.167 e. The number of allylic oxidation sites excluding steroid dienone is 1. The van der Waals surface area contributed by atoms with Gasteiger partial charge < -0.3 is 0 Å². The highest BCUT2D eigenvalue weighted by atomic mass is 35.6. The highest BCUT2D eigenvalue weighted by Crippen LogP contribution is 2.31. The molecule has 0 aliphatic carbocycles. The fraction of sp³-hybridized carbons (Fsp3) is 0.833. The second kappa shape index (κ2) is 8.55. The Hall–Kier alpha value is 0.247. The van der Waals surface area contributed by atoms with Crippen molar-refractivity contribution in [2.24, 2.45) is 0 Å². The zero-order valence-electron chi connectivity index (χ0n) is 9.82. The van der Waals surface area contributed by atoms with Crippen molar-refractivity contribution in [3.05, 3.63) is 12.7 Å². The molecule has 0 aromatic rings. The predicted molar refractivity (Wildman–Crippen MR) is 70.7 cm³/mol. The van der Waals surface area contributed by atoms with Crippen LogP contribution in [0.15, 0.2) is 12.7 Å². The van der Waals surface area contributed by atoms with Gasteiger partial charge in [0.05, 0.1) is 0 Å². The monoisotopic (exact) mass is 232 g/mol. The molecule has 2 heteroatoms. The van der Waals surface area contributed by atoms with Gasteiger partial charge in [-0.2, -0.15) is 11.1 Å².